The van der Waals surface area contributed by atoms with Gasteiger partial charge in [-0.25, -0.2) is 4.98 Å². The van der Waals surface area contributed by atoms with Crippen LogP contribution in [-0.2, 0) is 0 Å². The minimum absolute atomic E-state index is 0.0371. The molecule has 2 aliphatic rings. The summed E-state index contributed by atoms with van der Waals surface area (Å²) in [5.41, 5.74) is 1.90. The number of hydrogen-bond donors (Lipinski definition) is 1. The number of nitrogens with one attached hydrogen (secondary N) is 1. The van der Waals surface area contributed by atoms with E-state index in [1.165, 1.54) is 56.5 Å². The summed E-state index contributed by atoms with van der Waals surface area (Å²) in [5, 5.41) is 4.13. The molecule has 0 aliphatic carbocycles. The van der Waals surface area contributed by atoms with Gasteiger partial charge in [-0.3, -0.25) is 4.79 Å². The zero-order valence-corrected chi connectivity index (χ0v) is 16.2. The normalized spacial score (nSPS) is 23.4. The number of carbonyl (C=O) groups excluding carboxylic acids is 1. The summed E-state index contributed by atoms with van der Waals surface area (Å²) in [5.74, 6) is 0.630. The lowest BCUT2D eigenvalue weighted by Crippen LogP contribution is -2.50. The van der Waals surface area contributed by atoms with E-state index in [1.807, 2.05) is 37.3 Å². The van der Waals surface area contributed by atoms with E-state index in [0.717, 1.165) is 27.7 Å². The van der Waals surface area contributed by atoms with Gasteiger partial charge in [0.05, 0.1) is 5.69 Å². The molecule has 4 rings (SSSR count). The van der Waals surface area contributed by atoms with Gasteiger partial charge in [-0.2, -0.15) is 0 Å². The Hall–Kier alpha value is -1.72. The lowest BCUT2D eigenvalue weighted by atomic mass is 9.83. The average Bonchev–Trinajstić information content (AvgIpc) is 3.08. The fraction of sp³-hybridized carbons (Fsp3) is 0.524. The molecule has 26 heavy (non-hydrogen) atoms. The molecular weight excluding hydrogens is 342 g/mol. The molecule has 2 atom stereocenters. The molecule has 1 aromatic heterocycles. The van der Waals surface area contributed by atoms with Crippen molar-refractivity contribution in [2.75, 3.05) is 19.6 Å². The molecule has 3 heterocycles. The molecule has 1 amide bonds. The number of aryl methyl sites for hydroxylation is 1. The molecule has 5 heteroatoms. The van der Waals surface area contributed by atoms with Crippen molar-refractivity contribution < 1.29 is 4.79 Å². The van der Waals surface area contributed by atoms with E-state index >= 15 is 0 Å². The second-order valence-electron chi connectivity index (χ2n) is 7.51. The van der Waals surface area contributed by atoms with Gasteiger partial charge < -0.3 is 10.2 Å². The molecule has 2 aromatic rings. The third-order valence-electron chi connectivity index (χ3n) is 5.78. The number of amides is 1. The van der Waals surface area contributed by atoms with Crippen LogP contribution in [-0.4, -0.2) is 41.5 Å². The Morgan fingerprint density at radius 2 is 2.00 bits per heavy atom. The third-order valence-corrected chi connectivity index (χ3v) is 6.98. The second-order valence-corrected chi connectivity index (χ2v) is 8.51. The van der Waals surface area contributed by atoms with Gasteiger partial charge in [-0.15, -0.1) is 11.3 Å². The summed E-state index contributed by atoms with van der Waals surface area (Å²) in [7, 11) is 0. The molecule has 1 N–H and O–H groups in total. The number of benzene rings is 1. The number of thiazole rings is 1. The standard InChI is InChI=1S/C21H27N3OS/c1-15-19(26-21(23-15)16-8-3-2-4-9-16)20(25)22-14-17-10-7-13-24-12-6-5-11-18(17)24/h2-4,8-9,17-18H,5-7,10-14H2,1H3,(H,22,25). The SMILES string of the molecule is Cc1nc(-c2ccccc2)sc1C(=O)NCC1CCCN2CCCCC12. The van der Waals surface area contributed by atoms with E-state index in [-0.39, 0.29) is 5.91 Å². The van der Waals surface area contributed by atoms with Crippen LogP contribution in [0.3, 0.4) is 0 Å². The van der Waals surface area contributed by atoms with Crippen molar-refractivity contribution in [1.82, 2.24) is 15.2 Å². The molecule has 2 saturated heterocycles. The van der Waals surface area contributed by atoms with Crippen molar-refractivity contribution in [3.63, 3.8) is 0 Å². The van der Waals surface area contributed by atoms with Gasteiger partial charge in [-0.05, 0) is 51.6 Å². The van der Waals surface area contributed by atoms with Crippen LogP contribution in [0.2, 0.25) is 0 Å². The van der Waals surface area contributed by atoms with E-state index in [4.69, 9.17) is 0 Å². The zero-order valence-electron chi connectivity index (χ0n) is 15.4. The highest BCUT2D eigenvalue weighted by molar-refractivity contribution is 7.17. The van der Waals surface area contributed by atoms with Gasteiger partial charge >= 0.3 is 0 Å². The maximum atomic E-state index is 12.8. The van der Waals surface area contributed by atoms with Gasteiger partial charge in [0, 0.05) is 18.2 Å². The van der Waals surface area contributed by atoms with Gasteiger partial charge in [0.2, 0.25) is 0 Å². The first kappa shape index (κ1) is 17.7. The van der Waals surface area contributed by atoms with Crippen molar-refractivity contribution in [3.05, 3.63) is 40.9 Å². The van der Waals surface area contributed by atoms with E-state index in [1.54, 1.807) is 0 Å². The van der Waals surface area contributed by atoms with Gasteiger partial charge in [-0.1, -0.05) is 36.8 Å². The van der Waals surface area contributed by atoms with Crippen molar-refractivity contribution in [2.24, 2.45) is 5.92 Å². The van der Waals surface area contributed by atoms with Crippen LogP contribution in [0.25, 0.3) is 10.6 Å². The molecule has 0 saturated carbocycles. The van der Waals surface area contributed by atoms with E-state index in [2.05, 4.69) is 15.2 Å². The summed E-state index contributed by atoms with van der Waals surface area (Å²) >= 11 is 1.50. The highest BCUT2D eigenvalue weighted by atomic mass is 32.1. The van der Waals surface area contributed by atoms with E-state index in [9.17, 15) is 4.79 Å². The first-order valence-electron chi connectivity index (χ1n) is 9.77. The Morgan fingerprint density at radius 3 is 2.85 bits per heavy atom. The number of hydrogen-bond acceptors (Lipinski definition) is 4. The molecule has 138 valence electrons. The summed E-state index contributed by atoms with van der Waals surface area (Å²) in [4.78, 5) is 20.8. The largest absolute Gasteiger partial charge is 0.351 e. The van der Waals surface area contributed by atoms with Crippen LogP contribution in [0.5, 0.6) is 0 Å². The van der Waals surface area contributed by atoms with Crippen LogP contribution < -0.4 is 5.32 Å². The smallest absolute Gasteiger partial charge is 0.263 e. The van der Waals surface area contributed by atoms with Crippen LogP contribution >= 0.6 is 11.3 Å². The van der Waals surface area contributed by atoms with Gasteiger partial charge in [0.25, 0.3) is 5.91 Å². The Balaban J connectivity index is 1.41. The predicted molar refractivity (Wildman–Crippen MR) is 107 cm³/mol. The fourth-order valence-electron chi connectivity index (χ4n) is 4.43. The lowest BCUT2D eigenvalue weighted by molar-refractivity contribution is 0.0576. The summed E-state index contributed by atoms with van der Waals surface area (Å²) in [6.07, 6.45) is 6.45. The number of carbonyl (C=O) groups is 1. The second kappa shape index (κ2) is 7.89. The highest BCUT2D eigenvalue weighted by Gasteiger charge is 2.33. The molecule has 2 fully saturated rings. The minimum atomic E-state index is 0.0371. The molecule has 1 aromatic carbocycles. The average molecular weight is 370 g/mol. The van der Waals surface area contributed by atoms with Gasteiger partial charge in [0.15, 0.2) is 0 Å². The van der Waals surface area contributed by atoms with Gasteiger partial charge in [0.1, 0.15) is 9.88 Å². The minimum Gasteiger partial charge on any atom is -0.351 e. The van der Waals surface area contributed by atoms with Crippen LogP contribution in [0.1, 0.15) is 47.5 Å². The van der Waals surface area contributed by atoms with Crippen molar-refractivity contribution >= 4 is 17.2 Å². The molecule has 0 bridgehead atoms. The van der Waals surface area contributed by atoms with Crippen LogP contribution in [0, 0.1) is 12.8 Å². The first-order valence-corrected chi connectivity index (χ1v) is 10.6. The Labute approximate surface area is 159 Å². The third kappa shape index (κ3) is 3.69. The number of rotatable bonds is 4. The van der Waals surface area contributed by atoms with Crippen molar-refractivity contribution in [2.45, 2.75) is 45.1 Å². The van der Waals surface area contributed by atoms with Crippen molar-refractivity contribution in [1.29, 1.82) is 0 Å². The maximum absolute atomic E-state index is 12.8. The summed E-state index contributed by atoms with van der Waals surface area (Å²) in [6.45, 7) is 5.20. The first-order chi connectivity index (χ1) is 12.7. The molecule has 4 nitrogen and oxygen atoms in total. The summed E-state index contributed by atoms with van der Waals surface area (Å²) < 4.78 is 0. The number of nitrogens with zero attached hydrogens (tertiary/aromatic N) is 2. The highest BCUT2D eigenvalue weighted by Crippen LogP contribution is 2.31. The number of fused-ring (bicyclic) bond motifs is 1. The van der Waals surface area contributed by atoms with Crippen LogP contribution in [0.4, 0.5) is 0 Å². The monoisotopic (exact) mass is 369 g/mol. The molecule has 0 radical (unpaired) electrons. The fourth-order valence-corrected chi connectivity index (χ4v) is 5.42. The number of piperidine rings is 2. The molecule has 2 unspecified atom stereocenters. The Bertz CT molecular complexity index is 756. The predicted octanol–water partition coefficient (Wildman–Crippen LogP) is 4.11. The lowest BCUT2D eigenvalue weighted by Gasteiger charge is -2.44. The van der Waals surface area contributed by atoms with E-state index in [0.29, 0.717) is 12.0 Å². The molecule has 2 aliphatic heterocycles. The van der Waals surface area contributed by atoms with E-state index < -0.39 is 0 Å². The molecule has 0 spiro atoms. The molecular formula is C21H27N3OS. The van der Waals surface area contributed by atoms with Crippen molar-refractivity contribution in [3.8, 4) is 10.6 Å². The zero-order chi connectivity index (χ0) is 17.9. The topological polar surface area (TPSA) is 45.2 Å². The Kier molecular flexibility index (Phi) is 5.36. The quantitative estimate of drug-likeness (QED) is 0.882. The van der Waals surface area contributed by atoms with Crippen LogP contribution in [0.15, 0.2) is 30.3 Å². The Morgan fingerprint density at radius 1 is 1.19 bits per heavy atom. The maximum Gasteiger partial charge on any atom is 0.263 e. The number of aromatic nitrogens is 1. The summed E-state index contributed by atoms with van der Waals surface area (Å²) in [6, 6.07) is 10.8.